The fourth-order valence-corrected chi connectivity index (χ4v) is 3.90. The molecule has 0 radical (unpaired) electrons. The monoisotopic (exact) mass is 460 g/mol. The van der Waals surface area contributed by atoms with E-state index in [1.807, 2.05) is 0 Å². The van der Waals surface area contributed by atoms with Gasteiger partial charge in [0.25, 0.3) is 0 Å². The maximum atomic E-state index is 4.93. The number of fused-ring (bicyclic) bond motifs is 3. The molecule has 0 bridgehead atoms. The van der Waals surface area contributed by atoms with Gasteiger partial charge >= 0.3 is 37.9 Å². The fourth-order valence-electron chi connectivity index (χ4n) is 3.90. The molecule has 0 fully saturated rings. The molecule has 0 saturated heterocycles. The van der Waals surface area contributed by atoms with E-state index in [0.29, 0.717) is 5.92 Å². The average Bonchev–Trinajstić information content (AvgIpc) is 3.26. The summed E-state index contributed by atoms with van der Waals surface area (Å²) in [5, 5.41) is 5.71. The molecule has 0 saturated carbocycles. The number of hydrogen-bond acceptors (Lipinski definition) is 0. The first-order valence-corrected chi connectivity index (χ1v) is 15.0. The summed E-state index contributed by atoms with van der Waals surface area (Å²) < 4.78 is 0. The van der Waals surface area contributed by atoms with Crippen LogP contribution in [0.25, 0.3) is 21.5 Å². The molecule has 0 spiro atoms. The summed E-state index contributed by atoms with van der Waals surface area (Å²) in [4.78, 5) is 0. The van der Waals surface area contributed by atoms with Gasteiger partial charge in [-0.05, 0) is 18.8 Å². The molecule has 1 aliphatic rings. The molecular weight excluding hydrogens is 438 g/mol. The van der Waals surface area contributed by atoms with E-state index in [4.69, 9.17) is 17.0 Å². The van der Waals surface area contributed by atoms with Crippen molar-refractivity contribution >= 4 is 38.6 Å². The first kappa shape index (κ1) is 21.6. The van der Waals surface area contributed by atoms with E-state index < -0.39 is 20.8 Å². The van der Waals surface area contributed by atoms with Crippen molar-refractivity contribution in [3.8, 4) is 0 Å². The van der Waals surface area contributed by atoms with E-state index in [-0.39, 0.29) is 7.43 Å². The second kappa shape index (κ2) is 10.6. The SMILES string of the molecule is CCC(CC1=CC=CC1)[c-]1c2ccccc2c2ccccc21.[CH3-].[Cl][Zr+2][Cl]. The van der Waals surface area contributed by atoms with E-state index >= 15 is 0 Å². The molecule has 3 aromatic rings. The molecule has 1 atom stereocenters. The van der Waals surface area contributed by atoms with Crippen LogP contribution in [0.3, 0.4) is 0 Å². The van der Waals surface area contributed by atoms with Crippen LogP contribution < -0.4 is 0 Å². The number of halogens is 2. The van der Waals surface area contributed by atoms with Crippen LogP contribution in [-0.2, 0) is 20.8 Å². The van der Waals surface area contributed by atoms with Crippen molar-refractivity contribution in [1.29, 1.82) is 0 Å². The Bertz CT molecular complexity index is 852. The van der Waals surface area contributed by atoms with Gasteiger partial charge in [-0.2, -0.15) is 0 Å². The minimum atomic E-state index is -0.826. The number of hydrogen-bond donors (Lipinski definition) is 0. The van der Waals surface area contributed by atoms with Gasteiger partial charge in [-0.1, -0.05) is 73.5 Å². The van der Waals surface area contributed by atoms with E-state index in [2.05, 4.69) is 73.7 Å². The number of rotatable bonds is 4. The summed E-state index contributed by atoms with van der Waals surface area (Å²) in [5.74, 6) is 0.607. The zero-order valence-electron chi connectivity index (χ0n) is 15.3. The Hall–Kier alpha value is -0.747. The molecule has 3 heteroatoms. The second-order valence-corrected chi connectivity index (χ2v) is 10.1. The molecule has 1 unspecified atom stereocenters. The number of allylic oxidation sites excluding steroid dienone is 4. The summed E-state index contributed by atoms with van der Waals surface area (Å²) in [6, 6.07) is 17.8. The Labute approximate surface area is 175 Å². The van der Waals surface area contributed by atoms with Crippen molar-refractivity contribution in [1.82, 2.24) is 0 Å². The topological polar surface area (TPSA) is 0 Å². The standard InChI is InChI=1S/C22H21.CH3.2ClH.Zr/c1-2-17(15-16-9-3-4-10-16)22-20-13-7-5-11-18(20)19-12-6-8-14-21(19)22;;;;/h3-9,11-14,17H,2,10,15H2,1H3;1H3;2*1H;/q2*-1;;;+4/p-2. The fraction of sp³-hybridized carbons (Fsp3) is 0.217. The zero-order chi connectivity index (χ0) is 17.6. The molecular formula is C23H24Cl2Zr. The zero-order valence-corrected chi connectivity index (χ0v) is 19.3. The van der Waals surface area contributed by atoms with E-state index in [0.717, 1.165) is 6.42 Å². The first-order valence-electron chi connectivity index (χ1n) is 8.67. The molecule has 0 aromatic heterocycles. The minimum absolute atomic E-state index is 0. The Balaban J connectivity index is 0.000000570. The van der Waals surface area contributed by atoms with Gasteiger partial charge in [0.2, 0.25) is 0 Å². The van der Waals surface area contributed by atoms with Crippen molar-refractivity contribution in [3.05, 3.63) is 85.3 Å². The van der Waals surface area contributed by atoms with Crippen LogP contribution in [0.5, 0.6) is 0 Å². The Morgan fingerprint density at radius 2 is 1.54 bits per heavy atom. The molecule has 26 heavy (non-hydrogen) atoms. The molecule has 1 aliphatic carbocycles. The van der Waals surface area contributed by atoms with Crippen LogP contribution in [0, 0.1) is 7.43 Å². The van der Waals surface area contributed by atoms with Gasteiger partial charge in [-0.15, -0.1) is 39.2 Å². The van der Waals surface area contributed by atoms with Crippen LogP contribution in [0.4, 0.5) is 0 Å². The van der Waals surface area contributed by atoms with E-state index in [1.54, 1.807) is 11.1 Å². The van der Waals surface area contributed by atoms with Crippen molar-refractivity contribution in [3.63, 3.8) is 0 Å². The Morgan fingerprint density at radius 3 is 2.00 bits per heavy atom. The third-order valence-corrected chi connectivity index (χ3v) is 4.98. The molecule has 0 N–H and O–H groups in total. The third kappa shape index (κ3) is 4.56. The molecule has 4 rings (SSSR count). The van der Waals surface area contributed by atoms with Gasteiger partial charge in [0.05, 0.1) is 0 Å². The van der Waals surface area contributed by atoms with Gasteiger partial charge in [-0.3, -0.25) is 0 Å². The predicted octanol–water partition coefficient (Wildman–Crippen LogP) is 8.31. The van der Waals surface area contributed by atoms with E-state index in [1.165, 1.54) is 34.4 Å². The summed E-state index contributed by atoms with van der Waals surface area (Å²) in [6.07, 6.45) is 10.3. The first-order chi connectivity index (χ1) is 12.3. The van der Waals surface area contributed by atoms with Crippen molar-refractivity contribution in [2.75, 3.05) is 0 Å². The molecule has 0 nitrogen and oxygen atoms in total. The van der Waals surface area contributed by atoms with Crippen LogP contribution in [0.2, 0.25) is 0 Å². The van der Waals surface area contributed by atoms with Gasteiger partial charge < -0.3 is 7.43 Å². The molecule has 3 aromatic carbocycles. The van der Waals surface area contributed by atoms with E-state index in [9.17, 15) is 0 Å². The van der Waals surface area contributed by atoms with Crippen LogP contribution in [0.15, 0.2) is 72.3 Å². The summed E-state index contributed by atoms with van der Waals surface area (Å²) >= 11 is -0.826. The van der Waals surface area contributed by atoms with Crippen LogP contribution in [0.1, 0.15) is 37.7 Å². The predicted molar refractivity (Wildman–Crippen MR) is 115 cm³/mol. The van der Waals surface area contributed by atoms with Crippen molar-refractivity contribution in [2.45, 2.75) is 32.1 Å². The van der Waals surface area contributed by atoms with Gasteiger partial charge in [0.15, 0.2) is 0 Å². The Kier molecular flexibility index (Phi) is 8.75. The van der Waals surface area contributed by atoms with Crippen LogP contribution in [-0.4, -0.2) is 0 Å². The number of benzene rings is 2. The second-order valence-electron chi connectivity index (χ2n) is 6.34. The van der Waals surface area contributed by atoms with Crippen molar-refractivity contribution < 1.29 is 20.8 Å². The summed E-state index contributed by atoms with van der Waals surface area (Å²) in [6.45, 7) is 2.32. The maximum absolute atomic E-state index is 4.93. The molecule has 134 valence electrons. The molecule has 0 aliphatic heterocycles. The normalized spacial score (nSPS) is 13.6. The quantitative estimate of drug-likeness (QED) is 0.342. The molecule has 0 amide bonds. The molecule has 0 heterocycles. The summed E-state index contributed by atoms with van der Waals surface area (Å²) in [7, 11) is 9.87. The summed E-state index contributed by atoms with van der Waals surface area (Å²) in [5.41, 5.74) is 3.13. The third-order valence-electron chi connectivity index (χ3n) is 4.98. The van der Waals surface area contributed by atoms with Gasteiger partial charge in [0, 0.05) is 0 Å². The van der Waals surface area contributed by atoms with Crippen LogP contribution >= 0.6 is 17.0 Å². The van der Waals surface area contributed by atoms with Gasteiger partial charge in [-0.25, -0.2) is 0 Å². The Morgan fingerprint density at radius 1 is 1.00 bits per heavy atom. The average molecular weight is 463 g/mol. The van der Waals surface area contributed by atoms with Crippen molar-refractivity contribution in [2.24, 2.45) is 0 Å². The van der Waals surface area contributed by atoms with Gasteiger partial charge in [0.1, 0.15) is 0 Å².